The first-order valence-corrected chi connectivity index (χ1v) is 5.49. The summed E-state index contributed by atoms with van der Waals surface area (Å²) < 4.78 is 5.07. The van der Waals surface area contributed by atoms with Crippen molar-refractivity contribution < 1.29 is 9.53 Å². The molecule has 16 heavy (non-hydrogen) atoms. The number of benzene rings is 1. The summed E-state index contributed by atoms with van der Waals surface area (Å²) >= 11 is 0. The summed E-state index contributed by atoms with van der Waals surface area (Å²) in [6.07, 6.45) is 0.767. The van der Waals surface area contributed by atoms with E-state index in [1.807, 2.05) is 44.1 Å². The number of hydrogen-bond donors (Lipinski definition) is 0. The molecule has 1 saturated heterocycles. The van der Waals surface area contributed by atoms with Crippen LogP contribution < -0.4 is 4.90 Å². The molecule has 1 fully saturated rings. The first kappa shape index (κ1) is 11.0. The van der Waals surface area contributed by atoms with E-state index in [1.165, 1.54) is 0 Å². The summed E-state index contributed by atoms with van der Waals surface area (Å²) in [6.45, 7) is 2.48. The molecule has 0 aromatic heterocycles. The van der Waals surface area contributed by atoms with Gasteiger partial charge in [0.25, 0.3) is 0 Å². The van der Waals surface area contributed by atoms with Crippen LogP contribution in [0.3, 0.4) is 0 Å². The van der Waals surface area contributed by atoms with E-state index in [9.17, 15) is 4.79 Å². The van der Waals surface area contributed by atoms with E-state index in [0.29, 0.717) is 6.61 Å². The van der Waals surface area contributed by atoms with Crippen LogP contribution in [0, 0.1) is 0 Å². The molecule has 0 amide bonds. The Morgan fingerprint density at radius 3 is 2.69 bits per heavy atom. The third kappa shape index (κ3) is 1.66. The van der Waals surface area contributed by atoms with Gasteiger partial charge in [-0.2, -0.15) is 0 Å². The highest BCUT2D eigenvalue weighted by molar-refractivity contribution is 5.84. The average molecular weight is 219 g/mol. The van der Waals surface area contributed by atoms with Gasteiger partial charge in [-0.3, -0.25) is 4.79 Å². The zero-order valence-electron chi connectivity index (χ0n) is 9.99. The van der Waals surface area contributed by atoms with E-state index in [-0.39, 0.29) is 5.97 Å². The van der Waals surface area contributed by atoms with Crippen molar-refractivity contribution in [3.05, 3.63) is 29.8 Å². The normalized spacial score (nSPS) is 24.3. The van der Waals surface area contributed by atoms with Gasteiger partial charge in [-0.25, -0.2) is 0 Å². The first-order chi connectivity index (χ1) is 7.54. The molecule has 2 rings (SSSR count). The van der Waals surface area contributed by atoms with E-state index < -0.39 is 5.41 Å². The number of nitrogens with zero attached hydrogens (tertiary/aromatic N) is 1. The minimum atomic E-state index is -0.466. The lowest BCUT2D eigenvalue weighted by molar-refractivity contribution is -0.142. The molecule has 0 aliphatic carbocycles. The minimum absolute atomic E-state index is 0.108. The fourth-order valence-corrected chi connectivity index (χ4v) is 2.00. The van der Waals surface area contributed by atoms with Gasteiger partial charge in [0.2, 0.25) is 0 Å². The highest BCUT2D eigenvalue weighted by Crippen LogP contribution is 2.35. The monoisotopic (exact) mass is 219 g/mol. The molecule has 86 valence electrons. The van der Waals surface area contributed by atoms with Gasteiger partial charge in [-0.1, -0.05) is 12.1 Å². The predicted octanol–water partition coefficient (Wildman–Crippen LogP) is 1.96. The van der Waals surface area contributed by atoms with Crippen LogP contribution in [0.4, 0.5) is 5.69 Å². The SMILES string of the molecule is CN(C)c1cccc([C@]2(C)CCOC2=O)c1. The average Bonchev–Trinajstić information content (AvgIpc) is 2.61. The van der Waals surface area contributed by atoms with Crippen molar-refractivity contribution in [2.75, 3.05) is 25.6 Å². The van der Waals surface area contributed by atoms with Crippen LogP contribution in [0.25, 0.3) is 0 Å². The molecule has 1 heterocycles. The van der Waals surface area contributed by atoms with Gasteiger partial charge in [0, 0.05) is 26.2 Å². The van der Waals surface area contributed by atoms with Gasteiger partial charge in [0.05, 0.1) is 12.0 Å². The van der Waals surface area contributed by atoms with E-state index in [1.54, 1.807) is 0 Å². The summed E-state index contributed by atoms with van der Waals surface area (Å²) in [6, 6.07) is 8.08. The smallest absolute Gasteiger partial charge is 0.316 e. The van der Waals surface area contributed by atoms with Gasteiger partial charge in [0.15, 0.2) is 0 Å². The molecular formula is C13H17NO2. The standard InChI is InChI=1S/C13H17NO2/c1-13(7-8-16-12(13)15)10-5-4-6-11(9-10)14(2)3/h4-6,9H,7-8H2,1-3H3/t13-/m0/s1. The molecule has 0 N–H and O–H groups in total. The Labute approximate surface area is 96.0 Å². The van der Waals surface area contributed by atoms with Gasteiger partial charge >= 0.3 is 5.97 Å². The molecule has 0 saturated carbocycles. The second-order valence-corrected chi connectivity index (χ2v) is 4.66. The second kappa shape index (κ2) is 3.81. The summed E-state index contributed by atoms with van der Waals surface area (Å²) in [4.78, 5) is 13.8. The molecule has 1 aromatic rings. The molecule has 0 bridgehead atoms. The molecule has 1 atom stereocenters. The molecule has 0 spiro atoms. The zero-order chi connectivity index (χ0) is 11.8. The number of cyclic esters (lactones) is 1. The van der Waals surface area contributed by atoms with Gasteiger partial charge in [-0.15, -0.1) is 0 Å². The van der Waals surface area contributed by atoms with Crippen LogP contribution in [0.15, 0.2) is 24.3 Å². The van der Waals surface area contributed by atoms with Crippen LogP contribution in [0.1, 0.15) is 18.9 Å². The topological polar surface area (TPSA) is 29.5 Å². The molecule has 3 nitrogen and oxygen atoms in total. The number of hydrogen-bond acceptors (Lipinski definition) is 3. The minimum Gasteiger partial charge on any atom is -0.465 e. The van der Waals surface area contributed by atoms with Crippen molar-refractivity contribution in [1.82, 2.24) is 0 Å². The van der Waals surface area contributed by atoms with Gasteiger partial charge in [-0.05, 0) is 24.6 Å². The maximum absolute atomic E-state index is 11.7. The Kier molecular flexibility index (Phi) is 2.62. The largest absolute Gasteiger partial charge is 0.465 e. The van der Waals surface area contributed by atoms with Crippen LogP contribution in [-0.4, -0.2) is 26.7 Å². The van der Waals surface area contributed by atoms with E-state index >= 15 is 0 Å². The van der Waals surface area contributed by atoms with E-state index in [2.05, 4.69) is 6.07 Å². The maximum Gasteiger partial charge on any atom is 0.316 e. The van der Waals surface area contributed by atoms with Crippen molar-refractivity contribution in [2.24, 2.45) is 0 Å². The van der Waals surface area contributed by atoms with Crippen molar-refractivity contribution in [2.45, 2.75) is 18.8 Å². The Morgan fingerprint density at radius 1 is 1.38 bits per heavy atom. The fraction of sp³-hybridized carbons (Fsp3) is 0.462. The number of ether oxygens (including phenoxy) is 1. The Balaban J connectivity index is 2.40. The van der Waals surface area contributed by atoms with E-state index in [4.69, 9.17) is 4.74 Å². The molecule has 3 heteroatoms. The van der Waals surface area contributed by atoms with Crippen LogP contribution in [0.5, 0.6) is 0 Å². The zero-order valence-corrected chi connectivity index (χ0v) is 9.99. The summed E-state index contributed by atoms with van der Waals surface area (Å²) in [5.74, 6) is -0.108. The maximum atomic E-state index is 11.7. The van der Waals surface area contributed by atoms with Crippen molar-refractivity contribution in [1.29, 1.82) is 0 Å². The Morgan fingerprint density at radius 2 is 2.12 bits per heavy atom. The quantitative estimate of drug-likeness (QED) is 0.712. The molecule has 0 unspecified atom stereocenters. The van der Waals surface area contributed by atoms with Crippen LogP contribution >= 0.6 is 0 Å². The van der Waals surface area contributed by atoms with Gasteiger partial charge < -0.3 is 9.64 Å². The lowest BCUT2D eigenvalue weighted by Gasteiger charge is -2.21. The first-order valence-electron chi connectivity index (χ1n) is 5.49. The third-order valence-electron chi connectivity index (χ3n) is 3.29. The van der Waals surface area contributed by atoms with Crippen LogP contribution in [0.2, 0.25) is 0 Å². The summed E-state index contributed by atoms with van der Waals surface area (Å²) in [7, 11) is 3.99. The molecule has 1 aliphatic heterocycles. The van der Waals surface area contributed by atoms with Crippen LogP contribution in [-0.2, 0) is 14.9 Å². The third-order valence-corrected chi connectivity index (χ3v) is 3.29. The molecule has 1 aromatic carbocycles. The summed E-state index contributed by atoms with van der Waals surface area (Å²) in [5.41, 5.74) is 1.69. The lowest BCUT2D eigenvalue weighted by atomic mass is 9.81. The fourth-order valence-electron chi connectivity index (χ4n) is 2.00. The highest BCUT2D eigenvalue weighted by atomic mass is 16.5. The predicted molar refractivity (Wildman–Crippen MR) is 63.7 cm³/mol. The highest BCUT2D eigenvalue weighted by Gasteiger charge is 2.41. The number of rotatable bonds is 2. The Hall–Kier alpha value is -1.51. The van der Waals surface area contributed by atoms with E-state index in [0.717, 1.165) is 17.7 Å². The van der Waals surface area contributed by atoms with Gasteiger partial charge in [0.1, 0.15) is 0 Å². The van der Waals surface area contributed by atoms with Crippen molar-refractivity contribution >= 4 is 11.7 Å². The Bertz CT molecular complexity index is 414. The second-order valence-electron chi connectivity index (χ2n) is 4.66. The van der Waals surface area contributed by atoms with Crippen molar-refractivity contribution in [3.63, 3.8) is 0 Å². The molecule has 1 aliphatic rings. The number of carbonyl (C=O) groups is 1. The summed E-state index contributed by atoms with van der Waals surface area (Å²) in [5, 5.41) is 0. The number of carbonyl (C=O) groups excluding carboxylic acids is 1. The number of anilines is 1. The molecule has 0 radical (unpaired) electrons. The van der Waals surface area contributed by atoms with Crippen molar-refractivity contribution in [3.8, 4) is 0 Å². The lowest BCUT2D eigenvalue weighted by Crippen LogP contribution is -2.27. The molecular weight excluding hydrogens is 202 g/mol. The number of esters is 1.